The molecule has 2 amide bonds. The van der Waals surface area contributed by atoms with Crippen LogP contribution < -0.4 is 15.8 Å². The Bertz CT molecular complexity index is 842. The molecule has 27 heavy (non-hydrogen) atoms. The molecule has 4 rings (SSSR count). The number of amides is 2. The number of ether oxygens (including phenoxy) is 1. The van der Waals surface area contributed by atoms with Gasteiger partial charge in [0.25, 0.3) is 11.8 Å². The smallest absolute Gasteiger partial charge is 0.265 e. The van der Waals surface area contributed by atoms with Crippen molar-refractivity contribution < 1.29 is 14.3 Å². The van der Waals surface area contributed by atoms with Crippen LogP contribution in [0.5, 0.6) is 5.75 Å². The molecule has 2 aromatic rings. The highest BCUT2D eigenvalue weighted by atomic mass is 16.5. The number of likely N-dealkylation sites (tertiary alicyclic amines) is 1. The standard InChI is InChI=1S/C21H23N3O3/c22-16-7-4-10-24(13-16)21(26)15-6-3-8-17(11-15)23-20(25)19-12-14-5-1-2-9-18(14)27-19/h1-3,5-6,8-9,11,16,19H,4,7,10,12-13,22H2,(H,23,25). The lowest BCUT2D eigenvalue weighted by atomic mass is 10.0. The van der Waals surface area contributed by atoms with E-state index in [-0.39, 0.29) is 17.9 Å². The van der Waals surface area contributed by atoms with Crippen molar-refractivity contribution >= 4 is 17.5 Å². The van der Waals surface area contributed by atoms with Gasteiger partial charge in [0, 0.05) is 36.8 Å². The fourth-order valence-electron chi connectivity index (χ4n) is 3.66. The van der Waals surface area contributed by atoms with E-state index in [4.69, 9.17) is 10.5 Å². The van der Waals surface area contributed by atoms with E-state index in [1.807, 2.05) is 24.3 Å². The van der Waals surface area contributed by atoms with Gasteiger partial charge in [0.15, 0.2) is 6.10 Å². The SMILES string of the molecule is NC1CCCN(C(=O)c2cccc(NC(=O)C3Cc4ccccc4O3)c2)C1. The summed E-state index contributed by atoms with van der Waals surface area (Å²) in [5.74, 6) is 0.490. The lowest BCUT2D eigenvalue weighted by molar-refractivity contribution is -0.122. The highest BCUT2D eigenvalue weighted by Crippen LogP contribution is 2.28. The Balaban J connectivity index is 1.42. The van der Waals surface area contributed by atoms with Crippen molar-refractivity contribution in [3.8, 4) is 5.75 Å². The average molecular weight is 365 g/mol. The number of rotatable bonds is 3. The highest BCUT2D eigenvalue weighted by molar-refractivity contribution is 5.98. The third-order valence-corrected chi connectivity index (χ3v) is 5.06. The summed E-state index contributed by atoms with van der Waals surface area (Å²) in [7, 11) is 0. The maximum absolute atomic E-state index is 12.7. The quantitative estimate of drug-likeness (QED) is 0.873. The fourth-order valence-corrected chi connectivity index (χ4v) is 3.66. The number of hydrogen-bond acceptors (Lipinski definition) is 4. The van der Waals surface area contributed by atoms with Gasteiger partial charge in [-0.3, -0.25) is 9.59 Å². The number of carbonyl (C=O) groups excluding carboxylic acids is 2. The van der Waals surface area contributed by atoms with Gasteiger partial charge in [0.2, 0.25) is 0 Å². The normalized spacial score (nSPS) is 21.3. The van der Waals surface area contributed by atoms with E-state index in [1.165, 1.54) is 0 Å². The van der Waals surface area contributed by atoms with Crippen molar-refractivity contribution in [1.29, 1.82) is 0 Å². The van der Waals surface area contributed by atoms with Crippen molar-refractivity contribution in [3.05, 3.63) is 59.7 Å². The number of nitrogens with two attached hydrogens (primary N) is 1. The van der Waals surface area contributed by atoms with E-state index in [0.29, 0.717) is 24.2 Å². The number of hydrogen-bond donors (Lipinski definition) is 2. The van der Waals surface area contributed by atoms with Gasteiger partial charge in [-0.2, -0.15) is 0 Å². The van der Waals surface area contributed by atoms with Gasteiger partial charge in [0.1, 0.15) is 5.75 Å². The van der Waals surface area contributed by atoms with Crippen LogP contribution >= 0.6 is 0 Å². The number of nitrogens with zero attached hydrogens (tertiary/aromatic N) is 1. The van der Waals surface area contributed by atoms with E-state index >= 15 is 0 Å². The summed E-state index contributed by atoms with van der Waals surface area (Å²) in [6.45, 7) is 1.29. The van der Waals surface area contributed by atoms with Gasteiger partial charge in [0.05, 0.1) is 0 Å². The van der Waals surface area contributed by atoms with E-state index in [9.17, 15) is 9.59 Å². The summed E-state index contributed by atoms with van der Waals surface area (Å²) in [4.78, 5) is 27.1. The number of fused-ring (bicyclic) bond motifs is 1. The Morgan fingerprint density at radius 3 is 2.81 bits per heavy atom. The highest BCUT2D eigenvalue weighted by Gasteiger charge is 2.29. The summed E-state index contributed by atoms with van der Waals surface area (Å²) in [6, 6.07) is 14.7. The molecule has 0 radical (unpaired) electrons. The summed E-state index contributed by atoms with van der Waals surface area (Å²) >= 11 is 0. The molecule has 0 saturated carbocycles. The Labute approximate surface area is 158 Å². The molecule has 1 saturated heterocycles. The molecule has 140 valence electrons. The van der Waals surface area contributed by atoms with E-state index in [1.54, 1.807) is 29.2 Å². The van der Waals surface area contributed by atoms with Crippen LogP contribution in [-0.4, -0.2) is 41.9 Å². The van der Waals surface area contributed by atoms with Crippen LogP contribution in [0.4, 0.5) is 5.69 Å². The predicted molar refractivity (Wildman–Crippen MR) is 103 cm³/mol. The van der Waals surface area contributed by atoms with Crippen LogP contribution in [-0.2, 0) is 11.2 Å². The summed E-state index contributed by atoms with van der Waals surface area (Å²) in [5, 5.41) is 2.87. The minimum absolute atomic E-state index is 0.0340. The van der Waals surface area contributed by atoms with Gasteiger partial charge < -0.3 is 20.7 Å². The van der Waals surface area contributed by atoms with E-state index in [2.05, 4.69) is 5.32 Å². The molecule has 3 N–H and O–H groups in total. The zero-order valence-corrected chi connectivity index (χ0v) is 15.1. The van der Waals surface area contributed by atoms with Gasteiger partial charge in [-0.05, 0) is 42.7 Å². The lowest BCUT2D eigenvalue weighted by Crippen LogP contribution is -2.45. The fraction of sp³-hybridized carbons (Fsp3) is 0.333. The van der Waals surface area contributed by atoms with Crippen molar-refractivity contribution in [2.75, 3.05) is 18.4 Å². The molecule has 0 bridgehead atoms. The zero-order valence-electron chi connectivity index (χ0n) is 15.1. The topological polar surface area (TPSA) is 84.7 Å². The van der Waals surface area contributed by atoms with Gasteiger partial charge in [-0.15, -0.1) is 0 Å². The maximum atomic E-state index is 12.7. The van der Waals surface area contributed by atoms with Crippen LogP contribution in [0.15, 0.2) is 48.5 Å². The minimum Gasteiger partial charge on any atom is -0.480 e. The molecule has 2 heterocycles. The Morgan fingerprint density at radius 1 is 1.15 bits per heavy atom. The van der Waals surface area contributed by atoms with Crippen LogP contribution in [0.2, 0.25) is 0 Å². The summed E-state index contributed by atoms with van der Waals surface area (Å²) < 4.78 is 5.72. The van der Waals surface area contributed by atoms with Crippen LogP contribution in [0.1, 0.15) is 28.8 Å². The van der Waals surface area contributed by atoms with Crippen LogP contribution in [0.3, 0.4) is 0 Å². The maximum Gasteiger partial charge on any atom is 0.265 e. The lowest BCUT2D eigenvalue weighted by Gasteiger charge is -2.30. The molecule has 2 unspecified atom stereocenters. The summed E-state index contributed by atoms with van der Waals surface area (Å²) in [5.41, 5.74) is 8.15. The number of para-hydroxylation sites is 1. The number of anilines is 1. The van der Waals surface area contributed by atoms with Gasteiger partial charge >= 0.3 is 0 Å². The number of nitrogens with one attached hydrogen (secondary N) is 1. The molecule has 1 fully saturated rings. The molecule has 6 heteroatoms. The molecular weight excluding hydrogens is 342 g/mol. The Kier molecular flexibility index (Phi) is 4.81. The first kappa shape index (κ1) is 17.5. The van der Waals surface area contributed by atoms with Crippen LogP contribution in [0.25, 0.3) is 0 Å². The largest absolute Gasteiger partial charge is 0.480 e. The first-order valence-corrected chi connectivity index (χ1v) is 9.30. The molecular formula is C21H23N3O3. The molecule has 2 aromatic carbocycles. The van der Waals surface area contributed by atoms with Gasteiger partial charge in [-0.25, -0.2) is 0 Å². The molecule has 6 nitrogen and oxygen atoms in total. The minimum atomic E-state index is -0.554. The molecule has 0 aromatic heterocycles. The molecule has 2 aliphatic rings. The zero-order chi connectivity index (χ0) is 18.8. The molecule has 2 aliphatic heterocycles. The first-order chi connectivity index (χ1) is 13.1. The second-order valence-corrected chi connectivity index (χ2v) is 7.14. The third-order valence-electron chi connectivity index (χ3n) is 5.06. The second-order valence-electron chi connectivity index (χ2n) is 7.14. The number of carbonyl (C=O) groups is 2. The summed E-state index contributed by atoms with van der Waals surface area (Å²) in [6.07, 6.45) is 1.86. The van der Waals surface area contributed by atoms with Crippen molar-refractivity contribution in [1.82, 2.24) is 4.90 Å². The van der Waals surface area contributed by atoms with Crippen molar-refractivity contribution in [3.63, 3.8) is 0 Å². The predicted octanol–water partition coefficient (Wildman–Crippen LogP) is 2.19. The number of benzene rings is 2. The average Bonchev–Trinajstić information content (AvgIpc) is 3.12. The first-order valence-electron chi connectivity index (χ1n) is 9.30. The van der Waals surface area contributed by atoms with Gasteiger partial charge in [-0.1, -0.05) is 24.3 Å². The van der Waals surface area contributed by atoms with Crippen LogP contribution in [0, 0.1) is 0 Å². The Morgan fingerprint density at radius 2 is 2.00 bits per heavy atom. The molecule has 2 atom stereocenters. The van der Waals surface area contributed by atoms with Crippen molar-refractivity contribution in [2.45, 2.75) is 31.4 Å². The monoisotopic (exact) mass is 365 g/mol. The second kappa shape index (κ2) is 7.40. The number of piperidine rings is 1. The Hall–Kier alpha value is -2.86. The van der Waals surface area contributed by atoms with E-state index < -0.39 is 6.10 Å². The molecule has 0 aliphatic carbocycles. The third kappa shape index (κ3) is 3.80. The van der Waals surface area contributed by atoms with Crippen molar-refractivity contribution in [2.24, 2.45) is 5.73 Å². The van der Waals surface area contributed by atoms with E-state index in [0.717, 1.165) is 30.7 Å². The molecule has 0 spiro atoms.